The Kier molecular flexibility index (Phi) is 6.05. The molecule has 0 aromatic heterocycles. The largest absolute Gasteiger partial charge is 0.377 e. The number of alkyl halides is 1. The van der Waals surface area contributed by atoms with E-state index in [1.165, 1.54) is 4.31 Å². The van der Waals surface area contributed by atoms with Gasteiger partial charge in [-0.1, -0.05) is 24.3 Å². The Bertz CT molecular complexity index is 539. The first-order valence-corrected chi connectivity index (χ1v) is 9.35. The fourth-order valence-corrected chi connectivity index (χ4v) is 3.80. The molecule has 1 aliphatic heterocycles. The third kappa shape index (κ3) is 4.95. The van der Waals surface area contributed by atoms with Crippen LogP contribution >= 0.6 is 11.6 Å². The monoisotopic (exact) mass is 331 g/mol. The van der Waals surface area contributed by atoms with Gasteiger partial charge in [-0.3, -0.25) is 0 Å². The number of halogens is 1. The third-order valence-electron chi connectivity index (χ3n) is 3.74. The van der Waals surface area contributed by atoms with Crippen LogP contribution in [-0.2, 0) is 26.4 Å². The van der Waals surface area contributed by atoms with Crippen LogP contribution in [0.4, 0.5) is 0 Å². The Hall–Kier alpha value is -0.620. The molecule has 2 rings (SSSR count). The molecule has 6 heteroatoms. The molecule has 4 nitrogen and oxygen atoms in total. The molecule has 0 aliphatic carbocycles. The van der Waals surface area contributed by atoms with Crippen molar-refractivity contribution in [2.75, 3.05) is 20.2 Å². The zero-order valence-corrected chi connectivity index (χ0v) is 13.9. The van der Waals surface area contributed by atoms with Crippen molar-refractivity contribution in [3.63, 3.8) is 0 Å². The molecule has 1 aromatic rings. The second kappa shape index (κ2) is 7.58. The van der Waals surface area contributed by atoms with Crippen LogP contribution in [0.3, 0.4) is 0 Å². The lowest BCUT2D eigenvalue weighted by atomic mass is 10.1. The first-order valence-electron chi connectivity index (χ1n) is 7.20. The summed E-state index contributed by atoms with van der Waals surface area (Å²) in [7, 11) is -1.69. The average molecular weight is 332 g/mol. The number of nitrogens with zero attached hydrogens (tertiary/aromatic N) is 1. The molecule has 0 saturated carbocycles. The Morgan fingerprint density at radius 2 is 1.90 bits per heavy atom. The maximum absolute atomic E-state index is 12.4. The van der Waals surface area contributed by atoms with Crippen molar-refractivity contribution >= 4 is 21.6 Å². The van der Waals surface area contributed by atoms with Gasteiger partial charge in [0.2, 0.25) is 10.0 Å². The lowest BCUT2D eigenvalue weighted by molar-refractivity contribution is 0.00857. The van der Waals surface area contributed by atoms with E-state index in [4.69, 9.17) is 16.3 Å². The molecule has 0 N–H and O–H groups in total. The average Bonchev–Trinajstić information content (AvgIpc) is 2.48. The highest BCUT2D eigenvalue weighted by atomic mass is 35.5. The molecule has 1 heterocycles. The van der Waals surface area contributed by atoms with E-state index in [1.54, 1.807) is 7.05 Å². The summed E-state index contributed by atoms with van der Waals surface area (Å²) in [5.74, 6) is 0.449. The van der Waals surface area contributed by atoms with Crippen molar-refractivity contribution in [2.45, 2.75) is 37.0 Å². The minimum Gasteiger partial charge on any atom is -0.377 e. The summed E-state index contributed by atoms with van der Waals surface area (Å²) in [6, 6.07) is 7.37. The predicted molar refractivity (Wildman–Crippen MR) is 84.8 cm³/mol. The quantitative estimate of drug-likeness (QED) is 0.753. The molecule has 21 heavy (non-hydrogen) atoms. The van der Waals surface area contributed by atoms with Gasteiger partial charge in [0.05, 0.1) is 11.9 Å². The van der Waals surface area contributed by atoms with Gasteiger partial charge in [0.15, 0.2) is 0 Å². The molecule has 0 bridgehead atoms. The number of ether oxygens (including phenoxy) is 1. The highest BCUT2D eigenvalue weighted by Crippen LogP contribution is 2.17. The smallest absolute Gasteiger partial charge is 0.218 e. The SMILES string of the molecule is CN(CC1CCCCO1)S(=O)(=O)Cc1ccc(CCl)cc1. The van der Waals surface area contributed by atoms with E-state index in [2.05, 4.69) is 0 Å². The van der Waals surface area contributed by atoms with Crippen LogP contribution in [-0.4, -0.2) is 39.0 Å². The van der Waals surface area contributed by atoms with E-state index in [0.717, 1.165) is 37.0 Å². The summed E-state index contributed by atoms with van der Waals surface area (Å²) in [5.41, 5.74) is 1.77. The van der Waals surface area contributed by atoms with Gasteiger partial charge in [0.1, 0.15) is 0 Å². The Labute approximate surface area is 132 Å². The normalized spacial score (nSPS) is 19.9. The van der Waals surface area contributed by atoms with Crippen molar-refractivity contribution in [1.29, 1.82) is 0 Å². The molecular weight excluding hydrogens is 310 g/mol. The summed E-state index contributed by atoms with van der Waals surface area (Å²) in [6.07, 6.45) is 3.14. The number of benzene rings is 1. The molecule has 1 aliphatic rings. The Morgan fingerprint density at radius 1 is 1.24 bits per heavy atom. The standard InChI is InChI=1S/C15H22ClNO3S/c1-17(11-15-4-2-3-9-20-15)21(18,19)12-14-7-5-13(10-16)6-8-14/h5-8,15H,2-4,9-12H2,1H3. The van der Waals surface area contributed by atoms with E-state index in [-0.39, 0.29) is 11.9 Å². The van der Waals surface area contributed by atoms with Crippen LogP contribution in [0, 0.1) is 0 Å². The van der Waals surface area contributed by atoms with Crippen LogP contribution in [0.25, 0.3) is 0 Å². The molecule has 1 fully saturated rings. The van der Waals surface area contributed by atoms with Crippen LogP contribution < -0.4 is 0 Å². The summed E-state index contributed by atoms with van der Waals surface area (Å²) in [6.45, 7) is 1.17. The molecule has 0 radical (unpaired) electrons. The Balaban J connectivity index is 1.95. The van der Waals surface area contributed by atoms with Crippen molar-refractivity contribution < 1.29 is 13.2 Å². The van der Waals surface area contributed by atoms with E-state index in [0.29, 0.717) is 12.4 Å². The van der Waals surface area contributed by atoms with Gasteiger partial charge in [-0.05, 0) is 30.4 Å². The van der Waals surface area contributed by atoms with E-state index >= 15 is 0 Å². The van der Waals surface area contributed by atoms with Gasteiger partial charge in [0.25, 0.3) is 0 Å². The fourth-order valence-electron chi connectivity index (χ4n) is 2.40. The van der Waals surface area contributed by atoms with Gasteiger partial charge >= 0.3 is 0 Å². The summed E-state index contributed by atoms with van der Waals surface area (Å²) >= 11 is 5.73. The number of hydrogen-bond donors (Lipinski definition) is 0. The zero-order valence-electron chi connectivity index (χ0n) is 12.3. The van der Waals surface area contributed by atoms with Gasteiger partial charge in [-0.2, -0.15) is 0 Å². The lowest BCUT2D eigenvalue weighted by Gasteiger charge is -2.27. The molecule has 0 spiro atoms. The van der Waals surface area contributed by atoms with Crippen LogP contribution in [0.15, 0.2) is 24.3 Å². The van der Waals surface area contributed by atoms with Crippen molar-refractivity contribution in [1.82, 2.24) is 4.31 Å². The van der Waals surface area contributed by atoms with E-state index < -0.39 is 10.0 Å². The minimum atomic E-state index is -3.31. The van der Waals surface area contributed by atoms with Crippen molar-refractivity contribution in [3.05, 3.63) is 35.4 Å². The molecule has 1 aromatic carbocycles. The maximum atomic E-state index is 12.4. The van der Waals surface area contributed by atoms with Crippen molar-refractivity contribution in [3.8, 4) is 0 Å². The fraction of sp³-hybridized carbons (Fsp3) is 0.600. The van der Waals surface area contributed by atoms with Gasteiger partial charge in [-0.15, -0.1) is 11.6 Å². The topological polar surface area (TPSA) is 46.6 Å². The first-order chi connectivity index (χ1) is 10.0. The molecular formula is C15H22ClNO3S. The summed E-state index contributed by atoms with van der Waals surface area (Å²) < 4.78 is 31.8. The zero-order chi connectivity index (χ0) is 15.3. The second-order valence-corrected chi connectivity index (χ2v) is 7.82. The second-order valence-electron chi connectivity index (χ2n) is 5.48. The molecule has 1 unspecified atom stereocenters. The maximum Gasteiger partial charge on any atom is 0.218 e. The van der Waals surface area contributed by atoms with Crippen LogP contribution in [0.5, 0.6) is 0 Å². The number of hydrogen-bond acceptors (Lipinski definition) is 3. The van der Waals surface area contributed by atoms with Gasteiger partial charge in [-0.25, -0.2) is 12.7 Å². The summed E-state index contributed by atoms with van der Waals surface area (Å²) in [4.78, 5) is 0. The van der Waals surface area contributed by atoms with E-state index in [9.17, 15) is 8.42 Å². The highest BCUT2D eigenvalue weighted by Gasteiger charge is 2.23. The Morgan fingerprint density at radius 3 is 2.48 bits per heavy atom. The number of sulfonamides is 1. The van der Waals surface area contributed by atoms with Gasteiger partial charge < -0.3 is 4.74 Å². The number of rotatable bonds is 6. The number of likely N-dealkylation sites (N-methyl/N-ethyl adjacent to an activating group) is 1. The molecule has 0 amide bonds. The molecule has 1 atom stereocenters. The summed E-state index contributed by atoms with van der Waals surface area (Å²) in [5, 5.41) is 0. The molecule has 118 valence electrons. The van der Waals surface area contributed by atoms with Crippen LogP contribution in [0.1, 0.15) is 30.4 Å². The predicted octanol–water partition coefficient (Wildman–Crippen LogP) is 2.76. The highest BCUT2D eigenvalue weighted by molar-refractivity contribution is 7.88. The first kappa shape index (κ1) is 16.7. The van der Waals surface area contributed by atoms with Crippen LogP contribution in [0.2, 0.25) is 0 Å². The van der Waals surface area contributed by atoms with Gasteiger partial charge in [0, 0.05) is 26.1 Å². The van der Waals surface area contributed by atoms with E-state index in [1.807, 2.05) is 24.3 Å². The molecule has 1 saturated heterocycles. The minimum absolute atomic E-state index is 0.0127. The van der Waals surface area contributed by atoms with Crippen molar-refractivity contribution in [2.24, 2.45) is 0 Å². The third-order valence-corrected chi connectivity index (χ3v) is 5.84. The lowest BCUT2D eigenvalue weighted by Crippen LogP contribution is -2.37.